The Labute approximate surface area is 116 Å². The lowest BCUT2D eigenvalue weighted by Gasteiger charge is -2.33. The van der Waals surface area contributed by atoms with Crippen LogP contribution in [0.4, 0.5) is 0 Å². The molecule has 0 atom stereocenters. The number of sulfonamides is 1. The highest BCUT2D eigenvalue weighted by Crippen LogP contribution is 2.28. The van der Waals surface area contributed by atoms with E-state index in [1.54, 1.807) is 16.4 Å². The van der Waals surface area contributed by atoms with Gasteiger partial charge in [0.05, 0.1) is 4.90 Å². The molecule has 19 heavy (non-hydrogen) atoms. The maximum atomic E-state index is 12.5. The molecule has 0 spiro atoms. The van der Waals surface area contributed by atoms with E-state index in [-0.39, 0.29) is 0 Å². The summed E-state index contributed by atoms with van der Waals surface area (Å²) >= 11 is 0. The van der Waals surface area contributed by atoms with Crippen LogP contribution in [0.25, 0.3) is 0 Å². The van der Waals surface area contributed by atoms with Crippen LogP contribution in [0.1, 0.15) is 32.3 Å². The zero-order valence-corrected chi connectivity index (χ0v) is 12.8. The molecule has 0 radical (unpaired) electrons. The van der Waals surface area contributed by atoms with E-state index in [2.05, 4.69) is 13.8 Å². The summed E-state index contributed by atoms with van der Waals surface area (Å²) in [6.45, 7) is 7.66. The van der Waals surface area contributed by atoms with Crippen molar-refractivity contribution in [3.63, 3.8) is 0 Å². The predicted octanol–water partition coefficient (Wildman–Crippen LogP) is 3.05. The summed E-state index contributed by atoms with van der Waals surface area (Å²) in [6.07, 6.45) is 1.95. The second kappa shape index (κ2) is 5.63. The van der Waals surface area contributed by atoms with E-state index in [9.17, 15) is 8.42 Å². The fourth-order valence-corrected chi connectivity index (χ4v) is 4.28. The fraction of sp³-hybridized carbons (Fsp3) is 0.600. The quantitative estimate of drug-likeness (QED) is 0.854. The first-order valence-electron chi connectivity index (χ1n) is 6.98. The number of hydrogen-bond acceptors (Lipinski definition) is 2. The summed E-state index contributed by atoms with van der Waals surface area (Å²) < 4.78 is 26.7. The third-order valence-corrected chi connectivity index (χ3v) is 5.96. The van der Waals surface area contributed by atoms with Crippen LogP contribution in [-0.2, 0) is 10.0 Å². The van der Waals surface area contributed by atoms with Crippen LogP contribution in [-0.4, -0.2) is 25.8 Å². The minimum absolute atomic E-state index is 0.426. The van der Waals surface area contributed by atoms with Crippen molar-refractivity contribution >= 4 is 10.0 Å². The van der Waals surface area contributed by atoms with E-state index in [4.69, 9.17) is 0 Å². The predicted molar refractivity (Wildman–Crippen MR) is 77.5 cm³/mol. The second-order valence-electron chi connectivity index (χ2n) is 5.80. The molecular formula is C15H23NO2S. The molecule has 3 nitrogen and oxygen atoms in total. The van der Waals surface area contributed by atoms with Crippen molar-refractivity contribution in [3.8, 4) is 0 Å². The van der Waals surface area contributed by atoms with Gasteiger partial charge >= 0.3 is 0 Å². The third kappa shape index (κ3) is 3.18. The first kappa shape index (κ1) is 14.5. The SMILES string of the molecule is Cc1cccc(S(=O)(=O)N2CCC(C(C)C)CC2)c1. The molecule has 0 N–H and O–H groups in total. The number of hydrogen-bond donors (Lipinski definition) is 0. The van der Waals surface area contributed by atoms with Crippen molar-refractivity contribution in [2.24, 2.45) is 11.8 Å². The Morgan fingerprint density at radius 3 is 2.37 bits per heavy atom. The number of rotatable bonds is 3. The van der Waals surface area contributed by atoms with Crippen LogP contribution in [0.15, 0.2) is 29.2 Å². The maximum absolute atomic E-state index is 12.5. The average Bonchev–Trinajstić information content (AvgIpc) is 2.39. The van der Waals surface area contributed by atoms with Crippen molar-refractivity contribution in [1.29, 1.82) is 0 Å². The van der Waals surface area contributed by atoms with Gasteiger partial charge in [-0.05, 0) is 49.3 Å². The molecule has 1 aromatic rings. The van der Waals surface area contributed by atoms with E-state index in [1.807, 2.05) is 19.1 Å². The Bertz CT molecular complexity index is 529. The highest BCUT2D eigenvalue weighted by molar-refractivity contribution is 7.89. The number of nitrogens with zero attached hydrogens (tertiary/aromatic N) is 1. The Kier molecular flexibility index (Phi) is 4.31. The molecule has 0 bridgehead atoms. The van der Waals surface area contributed by atoms with Gasteiger partial charge < -0.3 is 0 Å². The van der Waals surface area contributed by atoms with E-state index in [0.29, 0.717) is 29.8 Å². The van der Waals surface area contributed by atoms with Crippen LogP contribution in [0, 0.1) is 18.8 Å². The summed E-state index contributed by atoms with van der Waals surface area (Å²) in [5.74, 6) is 1.30. The normalized spacial score (nSPS) is 18.9. The van der Waals surface area contributed by atoms with Gasteiger partial charge in [-0.3, -0.25) is 0 Å². The molecule has 1 aliphatic rings. The van der Waals surface area contributed by atoms with Crippen LogP contribution >= 0.6 is 0 Å². The van der Waals surface area contributed by atoms with E-state index in [0.717, 1.165) is 18.4 Å². The van der Waals surface area contributed by atoms with Gasteiger partial charge in [-0.2, -0.15) is 4.31 Å². The van der Waals surface area contributed by atoms with Gasteiger partial charge in [-0.1, -0.05) is 26.0 Å². The molecule has 0 unspecified atom stereocenters. The molecule has 0 amide bonds. The van der Waals surface area contributed by atoms with Crippen molar-refractivity contribution < 1.29 is 8.42 Å². The Hall–Kier alpha value is -0.870. The van der Waals surface area contributed by atoms with Gasteiger partial charge in [0.15, 0.2) is 0 Å². The largest absolute Gasteiger partial charge is 0.243 e. The van der Waals surface area contributed by atoms with Crippen LogP contribution in [0.5, 0.6) is 0 Å². The topological polar surface area (TPSA) is 37.4 Å². The molecule has 106 valence electrons. The van der Waals surface area contributed by atoms with Crippen LogP contribution in [0.2, 0.25) is 0 Å². The van der Waals surface area contributed by atoms with Gasteiger partial charge in [-0.15, -0.1) is 0 Å². The van der Waals surface area contributed by atoms with Crippen molar-refractivity contribution in [3.05, 3.63) is 29.8 Å². The van der Waals surface area contributed by atoms with Gasteiger partial charge in [0.2, 0.25) is 10.0 Å². The fourth-order valence-electron chi connectivity index (χ4n) is 2.71. The molecule has 2 rings (SSSR count). The first-order chi connectivity index (χ1) is 8.91. The summed E-state index contributed by atoms with van der Waals surface area (Å²) in [6, 6.07) is 7.17. The lowest BCUT2D eigenvalue weighted by molar-refractivity contribution is 0.226. The molecule has 1 heterocycles. The first-order valence-corrected chi connectivity index (χ1v) is 8.42. The zero-order valence-electron chi connectivity index (χ0n) is 12.0. The highest BCUT2D eigenvalue weighted by atomic mass is 32.2. The molecule has 1 fully saturated rings. The number of benzene rings is 1. The van der Waals surface area contributed by atoms with Crippen LogP contribution in [0.3, 0.4) is 0 Å². The molecular weight excluding hydrogens is 258 g/mol. The van der Waals surface area contributed by atoms with Crippen molar-refractivity contribution in [2.75, 3.05) is 13.1 Å². The second-order valence-corrected chi connectivity index (χ2v) is 7.74. The Morgan fingerprint density at radius 2 is 1.84 bits per heavy atom. The third-order valence-electron chi connectivity index (χ3n) is 4.07. The minimum Gasteiger partial charge on any atom is -0.207 e. The summed E-state index contributed by atoms with van der Waals surface area (Å²) in [7, 11) is -3.30. The number of aryl methyl sites for hydroxylation is 1. The zero-order chi connectivity index (χ0) is 14.0. The summed E-state index contributed by atoms with van der Waals surface area (Å²) in [5, 5.41) is 0. The van der Waals surface area contributed by atoms with Crippen LogP contribution < -0.4 is 0 Å². The standard InChI is InChI=1S/C15H23NO2S/c1-12(2)14-7-9-16(10-8-14)19(17,18)15-6-4-5-13(3)11-15/h4-6,11-12,14H,7-10H2,1-3H3. The number of piperidine rings is 1. The smallest absolute Gasteiger partial charge is 0.207 e. The average molecular weight is 281 g/mol. The molecule has 0 saturated carbocycles. The highest BCUT2D eigenvalue weighted by Gasteiger charge is 2.30. The van der Waals surface area contributed by atoms with E-state index < -0.39 is 10.0 Å². The molecule has 1 saturated heterocycles. The van der Waals surface area contributed by atoms with Crippen molar-refractivity contribution in [1.82, 2.24) is 4.31 Å². The lowest BCUT2D eigenvalue weighted by Crippen LogP contribution is -2.39. The summed E-state index contributed by atoms with van der Waals surface area (Å²) in [4.78, 5) is 0.426. The Balaban J connectivity index is 2.14. The Morgan fingerprint density at radius 1 is 1.21 bits per heavy atom. The molecule has 0 aromatic heterocycles. The lowest BCUT2D eigenvalue weighted by atomic mass is 9.87. The molecule has 4 heteroatoms. The molecule has 1 aliphatic heterocycles. The van der Waals surface area contributed by atoms with Crippen molar-refractivity contribution in [2.45, 2.75) is 38.5 Å². The minimum atomic E-state index is -3.30. The van der Waals surface area contributed by atoms with E-state index >= 15 is 0 Å². The molecule has 0 aliphatic carbocycles. The van der Waals surface area contributed by atoms with Gasteiger partial charge in [-0.25, -0.2) is 8.42 Å². The van der Waals surface area contributed by atoms with Gasteiger partial charge in [0.1, 0.15) is 0 Å². The van der Waals surface area contributed by atoms with E-state index in [1.165, 1.54) is 0 Å². The monoisotopic (exact) mass is 281 g/mol. The maximum Gasteiger partial charge on any atom is 0.243 e. The summed E-state index contributed by atoms with van der Waals surface area (Å²) in [5.41, 5.74) is 0.984. The van der Waals surface area contributed by atoms with Gasteiger partial charge in [0, 0.05) is 13.1 Å². The molecule has 1 aromatic carbocycles. The van der Waals surface area contributed by atoms with Gasteiger partial charge in [0.25, 0.3) is 0 Å².